The van der Waals surface area contributed by atoms with Crippen LogP contribution in [-0.2, 0) is 14.8 Å². The SMILES string of the molecule is O=C(CCCNS(=O)(=O)c1ccc2c(c1)OCCCO2)N1CCC(c2nc3ccccc3o2)CC1. The van der Waals surface area contributed by atoms with Crippen molar-refractivity contribution >= 4 is 27.0 Å². The van der Waals surface area contributed by atoms with Crippen LogP contribution in [0.4, 0.5) is 0 Å². The Labute approximate surface area is 204 Å². The van der Waals surface area contributed by atoms with Gasteiger partial charge in [-0.25, -0.2) is 18.1 Å². The van der Waals surface area contributed by atoms with Crippen LogP contribution in [0.25, 0.3) is 11.1 Å². The number of hydrogen-bond donors (Lipinski definition) is 1. The normalized spacial score (nSPS) is 16.9. The van der Waals surface area contributed by atoms with Gasteiger partial charge in [0.2, 0.25) is 15.9 Å². The molecule has 0 atom stereocenters. The predicted molar refractivity (Wildman–Crippen MR) is 129 cm³/mol. The van der Waals surface area contributed by atoms with E-state index in [1.165, 1.54) is 12.1 Å². The van der Waals surface area contributed by atoms with Crippen LogP contribution in [-0.4, -0.2) is 57.1 Å². The molecule has 0 saturated carbocycles. The smallest absolute Gasteiger partial charge is 0.240 e. The Hall–Kier alpha value is -3.11. The minimum atomic E-state index is -3.71. The van der Waals surface area contributed by atoms with Gasteiger partial charge in [-0.05, 0) is 43.5 Å². The van der Waals surface area contributed by atoms with Crippen LogP contribution in [0.3, 0.4) is 0 Å². The number of likely N-dealkylation sites (tertiary alicyclic amines) is 1. The molecule has 0 spiro atoms. The van der Waals surface area contributed by atoms with E-state index in [9.17, 15) is 13.2 Å². The molecule has 2 aliphatic rings. The second-order valence-corrected chi connectivity index (χ2v) is 10.6. The number of carbonyl (C=O) groups excluding carboxylic acids is 1. The Balaban J connectivity index is 1.07. The quantitative estimate of drug-likeness (QED) is 0.496. The van der Waals surface area contributed by atoms with E-state index in [0.717, 1.165) is 36.3 Å². The first-order valence-corrected chi connectivity index (χ1v) is 13.5. The van der Waals surface area contributed by atoms with Crippen molar-refractivity contribution in [3.8, 4) is 11.5 Å². The van der Waals surface area contributed by atoms with E-state index in [2.05, 4.69) is 9.71 Å². The first-order chi connectivity index (χ1) is 17.0. The molecule has 10 heteroatoms. The highest BCUT2D eigenvalue weighted by molar-refractivity contribution is 7.89. The number of para-hydroxylation sites is 2. The molecule has 0 bridgehead atoms. The van der Waals surface area contributed by atoms with Gasteiger partial charge in [0.25, 0.3) is 0 Å². The number of fused-ring (bicyclic) bond motifs is 2. The molecule has 2 aromatic carbocycles. The molecule has 1 N–H and O–H groups in total. The van der Waals surface area contributed by atoms with Gasteiger partial charge >= 0.3 is 0 Å². The molecular formula is C25H29N3O6S. The summed E-state index contributed by atoms with van der Waals surface area (Å²) in [7, 11) is -3.71. The lowest BCUT2D eigenvalue weighted by Gasteiger charge is -2.30. The number of aromatic nitrogens is 1. The van der Waals surface area contributed by atoms with Crippen LogP contribution in [0.5, 0.6) is 11.5 Å². The van der Waals surface area contributed by atoms with Crippen LogP contribution in [0.1, 0.15) is 43.9 Å². The summed E-state index contributed by atoms with van der Waals surface area (Å²) in [5, 5.41) is 0. The highest BCUT2D eigenvalue weighted by Gasteiger charge is 2.27. The van der Waals surface area contributed by atoms with Crippen molar-refractivity contribution in [2.24, 2.45) is 0 Å². The molecule has 186 valence electrons. The molecule has 3 aromatic rings. The standard InChI is InChI=1S/C25H29N3O6S/c29-24(28-13-10-18(11-14-28)25-27-20-5-1-2-6-21(20)34-25)7-3-12-26-35(30,31)19-8-9-22-23(17-19)33-16-4-15-32-22/h1-2,5-6,8-9,17-18,26H,3-4,7,10-16H2. The summed E-state index contributed by atoms with van der Waals surface area (Å²) in [5.41, 5.74) is 1.64. The van der Waals surface area contributed by atoms with Crippen molar-refractivity contribution in [2.75, 3.05) is 32.8 Å². The highest BCUT2D eigenvalue weighted by atomic mass is 32.2. The molecule has 0 radical (unpaired) electrons. The summed E-state index contributed by atoms with van der Waals surface area (Å²) in [4.78, 5) is 19.2. The molecule has 5 rings (SSSR count). The molecule has 9 nitrogen and oxygen atoms in total. The third-order valence-corrected chi connectivity index (χ3v) is 7.85. The van der Waals surface area contributed by atoms with Gasteiger partial charge in [-0.1, -0.05) is 12.1 Å². The van der Waals surface area contributed by atoms with Crippen molar-refractivity contribution in [3.63, 3.8) is 0 Å². The van der Waals surface area contributed by atoms with Gasteiger partial charge in [0.1, 0.15) is 5.52 Å². The van der Waals surface area contributed by atoms with Crippen LogP contribution in [0.15, 0.2) is 51.8 Å². The minimum Gasteiger partial charge on any atom is -0.490 e. The van der Waals surface area contributed by atoms with Crippen LogP contribution < -0.4 is 14.2 Å². The third kappa shape index (κ3) is 5.43. The van der Waals surface area contributed by atoms with E-state index < -0.39 is 10.0 Å². The number of rotatable bonds is 7. The van der Waals surface area contributed by atoms with Gasteiger partial charge < -0.3 is 18.8 Å². The number of ether oxygens (including phenoxy) is 2. The summed E-state index contributed by atoms with van der Waals surface area (Å²) >= 11 is 0. The Morgan fingerprint density at radius 2 is 1.83 bits per heavy atom. The number of oxazole rings is 1. The number of nitrogens with one attached hydrogen (secondary N) is 1. The van der Waals surface area contributed by atoms with Gasteiger partial charge in [0.05, 0.1) is 18.1 Å². The molecule has 1 saturated heterocycles. The Bertz CT molecular complexity index is 1260. The summed E-state index contributed by atoms with van der Waals surface area (Å²) in [6.45, 7) is 2.50. The molecule has 0 aliphatic carbocycles. The zero-order valence-electron chi connectivity index (χ0n) is 19.4. The van der Waals surface area contributed by atoms with Gasteiger partial charge in [-0.3, -0.25) is 4.79 Å². The van der Waals surface area contributed by atoms with Crippen molar-refractivity contribution < 1.29 is 27.1 Å². The van der Waals surface area contributed by atoms with Gasteiger partial charge in [0, 0.05) is 44.5 Å². The number of carbonyl (C=O) groups is 1. The lowest BCUT2D eigenvalue weighted by molar-refractivity contribution is -0.132. The van der Waals surface area contributed by atoms with Gasteiger partial charge in [-0.15, -0.1) is 0 Å². The van der Waals surface area contributed by atoms with E-state index in [1.54, 1.807) is 6.07 Å². The van der Waals surface area contributed by atoms with E-state index >= 15 is 0 Å². The molecule has 3 heterocycles. The zero-order valence-corrected chi connectivity index (χ0v) is 20.3. The minimum absolute atomic E-state index is 0.0378. The molecule has 1 aromatic heterocycles. The summed E-state index contributed by atoms with van der Waals surface area (Å²) in [5.74, 6) is 1.96. The fourth-order valence-corrected chi connectivity index (χ4v) is 5.53. The fourth-order valence-electron chi connectivity index (χ4n) is 4.44. The number of hydrogen-bond acceptors (Lipinski definition) is 7. The van der Waals surface area contributed by atoms with Crippen molar-refractivity contribution in [3.05, 3.63) is 48.4 Å². The Morgan fingerprint density at radius 1 is 1.06 bits per heavy atom. The molecule has 1 fully saturated rings. The van der Waals surface area contributed by atoms with Crippen LogP contribution in [0, 0.1) is 0 Å². The molecule has 2 aliphatic heterocycles. The first kappa shape index (κ1) is 23.6. The van der Waals surface area contributed by atoms with Gasteiger partial charge in [-0.2, -0.15) is 0 Å². The highest BCUT2D eigenvalue weighted by Crippen LogP contribution is 2.32. The average molecular weight is 500 g/mol. The third-order valence-electron chi connectivity index (χ3n) is 6.40. The Morgan fingerprint density at radius 3 is 2.63 bits per heavy atom. The van der Waals surface area contributed by atoms with Crippen molar-refractivity contribution in [1.82, 2.24) is 14.6 Å². The van der Waals surface area contributed by atoms with Crippen LogP contribution >= 0.6 is 0 Å². The summed E-state index contributed by atoms with van der Waals surface area (Å²) in [6, 6.07) is 12.3. The number of amides is 1. The van der Waals surface area contributed by atoms with E-state index in [4.69, 9.17) is 13.9 Å². The maximum absolute atomic E-state index is 12.7. The first-order valence-electron chi connectivity index (χ1n) is 12.0. The Kier molecular flexibility index (Phi) is 6.92. The second kappa shape index (κ2) is 10.2. The largest absolute Gasteiger partial charge is 0.490 e. The van der Waals surface area contributed by atoms with Crippen molar-refractivity contribution in [1.29, 1.82) is 0 Å². The zero-order chi connectivity index (χ0) is 24.3. The van der Waals surface area contributed by atoms with Crippen LogP contribution in [0.2, 0.25) is 0 Å². The molecular weight excluding hydrogens is 470 g/mol. The van der Waals surface area contributed by atoms with E-state index in [1.807, 2.05) is 29.2 Å². The van der Waals surface area contributed by atoms with E-state index in [-0.39, 0.29) is 29.7 Å². The second-order valence-electron chi connectivity index (χ2n) is 8.84. The lowest BCUT2D eigenvalue weighted by Crippen LogP contribution is -2.38. The predicted octanol–water partition coefficient (Wildman–Crippen LogP) is 3.45. The number of piperidine rings is 1. The summed E-state index contributed by atoms with van der Waals surface area (Å²) in [6.07, 6.45) is 3.06. The lowest BCUT2D eigenvalue weighted by atomic mass is 9.96. The molecule has 0 unspecified atom stereocenters. The number of sulfonamides is 1. The maximum atomic E-state index is 12.7. The molecule has 1 amide bonds. The van der Waals surface area contributed by atoms with E-state index in [0.29, 0.717) is 44.2 Å². The fraction of sp³-hybridized carbons (Fsp3) is 0.440. The van der Waals surface area contributed by atoms with Crippen molar-refractivity contribution in [2.45, 2.75) is 42.9 Å². The topological polar surface area (TPSA) is 111 Å². The number of nitrogens with zero attached hydrogens (tertiary/aromatic N) is 2. The molecule has 35 heavy (non-hydrogen) atoms. The van der Waals surface area contributed by atoms with Gasteiger partial charge in [0.15, 0.2) is 23.0 Å². The maximum Gasteiger partial charge on any atom is 0.240 e. The monoisotopic (exact) mass is 499 g/mol. The average Bonchev–Trinajstić information content (AvgIpc) is 3.17. The summed E-state index contributed by atoms with van der Waals surface area (Å²) < 4.78 is 44.9. The number of benzene rings is 2.